The molecule has 3 aromatic heterocycles. The predicted molar refractivity (Wildman–Crippen MR) is 236 cm³/mol. The van der Waals surface area contributed by atoms with E-state index in [0.29, 0.717) is 84.0 Å². The Kier molecular flexibility index (Phi) is 13.9. The third kappa shape index (κ3) is 10.0. The lowest BCUT2D eigenvalue weighted by Gasteiger charge is -2.32. The third-order valence-corrected chi connectivity index (χ3v) is 11.8. The fraction of sp³-hybridized carbons (Fsp3) is 0.283. The van der Waals surface area contributed by atoms with Crippen LogP contribution in [0.5, 0.6) is 17.4 Å². The minimum absolute atomic E-state index is 0.0871. The Hall–Kier alpha value is -5.93. The molecular weight excluding hydrogens is 819 g/mol. The van der Waals surface area contributed by atoms with Crippen molar-refractivity contribution in [3.05, 3.63) is 125 Å². The Morgan fingerprint density at radius 3 is 2.54 bits per heavy atom. The number of aromatic nitrogens is 4. The number of carboxylic acid groups (broad SMARTS) is 1. The summed E-state index contributed by atoms with van der Waals surface area (Å²) in [6.07, 6.45) is 3.38. The molecule has 0 spiro atoms. The Labute approximate surface area is 363 Å². The Morgan fingerprint density at radius 2 is 1.80 bits per heavy atom. The minimum Gasteiger partial charge on any atom is -0.496 e. The topological polar surface area (TPSA) is 132 Å². The van der Waals surface area contributed by atoms with Crippen molar-refractivity contribution in [2.45, 2.75) is 33.0 Å². The highest BCUT2D eigenvalue weighted by atomic mass is 35.5. The normalized spacial score (nSPS) is 14.3. The van der Waals surface area contributed by atoms with E-state index in [1.165, 1.54) is 12.1 Å². The lowest BCUT2D eigenvalue weighted by atomic mass is 9.93. The van der Waals surface area contributed by atoms with Gasteiger partial charge in [-0.05, 0) is 97.7 Å². The first-order valence-electron chi connectivity index (χ1n) is 19.7. The Balaban J connectivity index is 1.17. The molecule has 0 aliphatic carbocycles. The molecule has 4 heterocycles. The molecule has 1 aliphatic rings. The third-order valence-electron chi connectivity index (χ3n) is 10.6. The molecule has 12 nitrogen and oxygen atoms in total. The van der Waals surface area contributed by atoms with Gasteiger partial charge in [-0.2, -0.15) is 4.37 Å². The van der Waals surface area contributed by atoms with Gasteiger partial charge in [0, 0.05) is 62.7 Å². The van der Waals surface area contributed by atoms with Gasteiger partial charge in [0.05, 0.1) is 44.9 Å². The summed E-state index contributed by atoms with van der Waals surface area (Å²) in [5, 5.41) is 11.5. The van der Waals surface area contributed by atoms with Gasteiger partial charge in [-0.25, -0.2) is 19.2 Å². The van der Waals surface area contributed by atoms with Crippen LogP contribution >= 0.6 is 23.1 Å². The van der Waals surface area contributed by atoms with E-state index in [-0.39, 0.29) is 18.9 Å². The second kappa shape index (κ2) is 19.6. The maximum atomic E-state index is 14.2. The number of ether oxygens (including phenoxy) is 4. The smallest absolute Gasteiger partial charge is 0.345 e. The van der Waals surface area contributed by atoms with Crippen molar-refractivity contribution in [1.82, 2.24) is 29.1 Å². The van der Waals surface area contributed by atoms with Crippen molar-refractivity contribution in [3.63, 3.8) is 0 Å². The molecule has 0 bridgehead atoms. The fourth-order valence-corrected chi connectivity index (χ4v) is 7.99. The monoisotopic (exact) mass is 864 g/mol. The summed E-state index contributed by atoms with van der Waals surface area (Å²) in [4.78, 5) is 31.5. The molecular formula is C46H46ClFN6O6S. The summed E-state index contributed by atoms with van der Waals surface area (Å²) in [6.45, 7) is 12.9. The van der Waals surface area contributed by atoms with Crippen molar-refractivity contribution in [2.24, 2.45) is 0 Å². The summed E-state index contributed by atoms with van der Waals surface area (Å²) in [5.41, 5.74) is 5.05. The van der Waals surface area contributed by atoms with Crippen LogP contribution in [0, 0.1) is 12.7 Å². The first-order valence-corrected chi connectivity index (χ1v) is 20.9. The molecule has 61 heavy (non-hydrogen) atoms. The minimum atomic E-state index is -1.39. The van der Waals surface area contributed by atoms with E-state index in [1.54, 1.807) is 50.7 Å². The highest BCUT2D eigenvalue weighted by molar-refractivity contribution is 7.13. The number of carboxylic acids is 1. The van der Waals surface area contributed by atoms with Crippen LogP contribution in [0.4, 0.5) is 4.39 Å². The van der Waals surface area contributed by atoms with Crippen molar-refractivity contribution < 1.29 is 33.2 Å². The van der Waals surface area contributed by atoms with E-state index >= 15 is 0 Å². The molecule has 1 N–H and O–H groups in total. The first kappa shape index (κ1) is 43.2. The van der Waals surface area contributed by atoms with Crippen LogP contribution < -0.4 is 14.2 Å². The van der Waals surface area contributed by atoms with Crippen molar-refractivity contribution in [2.75, 3.05) is 53.5 Å². The van der Waals surface area contributed by atoms with E-state index in [1.807, 2.05) is 43.3 Å². The van der Waals surface area contributed by atoms with E-state index in [0.717, 1.165) is 49.8 Å². The van der Waals surface area contributed by atoms with Crippen molar-refractivity contribution in [3.8, 4) is 51.2 Å². The largest absolute Gasteiger partial charge is 0.496 e. The van der Waals surface area contributed by atoms with Crippen molar-refractivity contribution >= 4 is 39.2 Å². The van der Waals surface area contributed by atoms with Gasteiger partial charge >= 0.3 is 5.97 Å². The van der Waals surface area contributed by atoms with Gasteiger partial charge in [0.25, 0.3) is 0 Å². The number of likely N-dealkylation sites (N-methyl/N-ethyl adjacent to an activating group) is 1. The van der Waals surface area contributed by atoms with Gasteiger partial charge in [0.2, 0.25) is 12.0 Å². The Morgan fingerprint density at radius 1 is 1.03 bits per heavy atom. The quantitative estimate of drug-likeness (QED) is 0.0693. The van der Waals surface area contributed by atoms with Crippen LogP contribution in [0.3, 0.4) is 0 Å². The number of hydrogen-bond donors (Lipinski definition) is 1. The zero-order chi connectivity index (χ0) is 43.0. The zero-order valence-corrected chi connectivity index (χ0v) is 35.9. The number of rotatable bonds is 17. The summed E-state index contributed by atoms with van der Waals surface area (Å²) in [6, 6.07) is 19.0. The second-order valence-electron chi connectivity index (χ2n) is 14.6. The second-order valence-corrected chi connectivity index (χ2v) is 15.7. The zero-order valence-electron chi connectivity index (χ0n) is 34.4. The number of hydrogen-bond acceptors (Lipinski definition) is 12. The molecule has 15 heteroatoms. The molecule has 3 aromatic carbocycles. The molecule has 1 atom stereocenters. The maximum absolute atomic E-state index is 14.2. The van der Waals surface area contributed by atoms with Gasteiger partial charge in [0.15, 0.2) is 5.82 Å². The van der Waals surface area contributed by atoms with Gasteiger partial charge in [-0.1, -0.05) is 42.5 Å². The van der Waals surface area contributed by atoms with E-state index in [4.69, 9.17) is 35.5 Å². The highest BCUT2D eigenvalue weighted by Gasteiger charge is 2.28. The number of pyridine rings is 1. The number of piperazine rings is 1. The molecule has 6 aromatic rings. The van der Waals surface area contributed by atoms with Crippen molar-refractivity contribution in [1.29, 1.82) is 0 Å². The molecule has 0 amide bonds. The summed E-state index contributed by atoms with van der Waals surface area (Å²) < 4.78 is 43.6. The molecule has 1 fully saturated rings. The average molecular weight is 865 g/mol. The Bertz CT molecular complexity index is 2560. The highest BCUT2D eigenvalue weighted by Crippen LogP contribution is 2.46. The molecule has 1 aliphatic heterocycles. The molecule has 7 rings (SSSR count). The van der Waals surface area contributed by atoms with E-state index in [2.05, 4.69) is 37.8 Å². The number of allylic oxidation sites excluding steroid dienone is 2. The summed E-state index contributed by atoms with van der Waals surface area (Å²) >= 11 is 8.17. The van der Waals surface area contributed by atoms with Gasteiger partial charge in [-0.3, -0.25) is 9.88 Å². The molecule has 1 saturated heterocycles. The number of benzene rings is 3. The molecule has 316 valence electrons. The van der Waals surface area contributed by atoms with Gasteiger partial charge in [0.1, 0.15) is 30.5 Å². The van der Waals surface area contributed by atoms with Crippen LogP contribution in [0.15, 0.2) is 103 Å². The van der Waals surface area contributed by atoms with Crippen LogP contribution in [0.2, 0.25) is 5.02 Å². The van der Waals surface area contributed by atoms with E-state index < -0.39 is 17.9 Å². The fourth-order valence-electron chi connectivity index (χ4n) is 7.07. The van der Waals surface area contributed by atoms with Crippen LogP contribution in [-0.4, -0.2) is 99.8 Å². The number of nitrogens with zero attached hydrogens (tertiary/aromatic N) is 6. The van der Waals surface area contributed by atoms with Crippen LogP contribution in [0.1, 0.15) is 24.6 Å². The van der Waals surface area contributed by atoms with Crippen LogP contribution in [0.25, 0.3) is 43.9 Å². The number of carbonyl (C=O) groups is 1. The predicted octanol–water partition coefficient (Wildman–Crippen LogP) is 9.12. The number of para-hydroxylation sites is 1. The molecule has 0 saturated carbocycles. The molecule has 0 radical (unpaired) electrons. The average Bonchev–Trinajstić information content (AvgIpc) is 3.69. The maximum Gasteiger partial charge on any atom is 0.345 e. The lowest BCUT2D eigenvalue weighted by molar-refractivity contribution is -0.145. The standard InChI is InChI=1S/C46H46ClFN6O6S/c1-6-30(29(3)59-27-33-17-18-49-44(51-33)35-9-7-8-10-36(35)57-5)25-38(46(55)56)60-45-41-39(61-52-45)26-50-43(31-11-13-32(48)14-12-31)40(41)34-15-16-37(42(47)28(34)2)58-24-23-54-21-19-53(4)20-22-54/h6-18,26,38H,1,19-25,27H2,2-5H3,(H,55,56)/b30-29-/t38-/m1/s1. The van der Waals surface area contributed by atoms with Gasteiger partial charge < -0.3 is 29.0 Å². The van der Waals surface area contributed by atoms with E-state index in [9.17, 15) is 14.3 Å². The summed E-state index contributed by atoms with van der Waals surface area (Å²) in [7, 11) is 3.71. The number of fused-ring (bicyclic) bond motifs is 1. The molecule has 0 unspecified atom stereocenters. The van der Waals surface area contributed by atoms with Crippen LogP contribution in [-0.2, 0) is 16.1 Å². The first-order chi connectivity index (χ1) is 29.5. The summed E-state index contributed by atoms with van der Waals surface area (Å²) in [5.74, 6) is 0.612. The lowest BCUT2D eigenvalue weighted by Crippen LogP contribution is -2.45. The SMILES string of the molecule is C=C/C(C[C@@H](Oc1nsc2cnc(-c3ccc(F)cc3)c(-c3ccc(OCCN4CCN(C)CC4)c(Cl)c3C)c12)C(=O)O)=C(\C)OCc1ccnc(-c2ccccc2OC)n1. The number of aliphatic carboxylic acids is 1. The number of halogens is 2. The number of methoxy groups -OCH3 is 1. The van der Waals surface area contributed by atoms with Gasteiger partial charge in [-0.15, -0.1) is 0 Å².